The second-order valence-electron chi connectivity index (χ2n) is 5.37. The van der Waals surface area contributed by atoms with Gasteiger partial charge in [0.2, 0.25) is 4.77 Å². The van der Waals surface area contributed by atoms with Gasteiger partial charge in [-0.05, 0) is 42.5 Å². The maximum Gasteiger partial charge on any atom is 0.216 e. The Balaban J connectivity index is 1.97. The first kappa shape index (κ1) is 16.4. The minimum absolute atomic E-state index is 0.421. The molecule has 1 N–H and O–H groups in total. The van der Waals surface area contributed by atoms with Crippen molar-refractivity contribution in [3.63, 3.8) is 0 Å². The third kappa shape index (κ3) is 3.39. The van der Waals surface area contributed by atoms with E-state index >= 15 is 0 Å². The molecule has 1 heterocycles. The first-order valence-electron chi connectivity index (χ1n) is 7.30. The molecule has 3 aromatic rings. The summed E-state index contributed by atoms with van der Waals surface area (Å²) in [7, 11) is 4.00. The van der Waals surface area contributed by atoms with Gasteiger partial charge < -0.3 is 4.90 Å². The predicted octanol–water partition coefficient (Wildman–Crippen LogP) is 4.21. The second-order valence-corrected chi connectivity index (χ2v) is 6.17. The van der Waals surface area contributed by atoms with Gasteiger partial charge in [0.15, 0.2) is 5.82 Å². The molecule has 0 radical (unpaired) electrons. The average molecular weight is 358 g/mol. The molecule has 0 unspecified atom stereocenters. The van der Waals surface area contributed by atoms with E-state index in [0.717, 1.165) is 16.8 Å². The van der Waals surface area contributed by atoms with Gasteiger partial charge in [0.1, 0.15) is 0 Å². The van der Waals surface area contributed by atoms with Crippen molar-refractivity contribution in [3.8, 4) is 11.4 Å². The number of halogens is 1. The Bertz CT molecular complexity index is 925. The number of nitrogens with zero attached hydrogens (tertiary/aromatic N) is 4. The number of anilines is 1. The standard InChI is InChI=1S/C17H16ClN5S/c1-22(2)14-9-7-12(8-10-14)16-20-21-17(24)23(16)19-11-13-5-3-4-6-15(13)18/h3-11H,1-2H3,(H,21,24). The molecule has 0 aliphatic carbocycles. The van der Waals surface area contributed by atoms with Crippen LogP contribution < -0.4 is 4.90 Å². The van der Waals surface area contributed by atoms with Gasteiger partial charge in [-0.15, -0.1) is 0 Å². The fourth-order valence-electron chi connectivity index (χ4n) is 2.19. The molecule has 122 valence electrons. The van der Waals surface area contributed by atoms with Gasteiger partial charge in [0, 0.05) is 35.9 Å². The lowest BCUT2D eigenvalue weighted by molar-refractivity contribution is 0.871. The summed E-state index contributed by atoms with van der Waals surface area (Å²) in [5.74, 6) is 0.647. The van der Waals surface area contributed by atoms with E-state index < -0.39 is 0 Å². The van der Waals surface area contributed by atoms with Crippen LogP contribution in [0.5, 0.6) is 0 Å². The molecular weight excluding hydrogens is 342 g/mol. The molecule has 0 aliphatic rings. The lowest BCUT2D eigenvalue weighted by Gasteiger charge is -2.12. The van der Waals surface area contributed by atoms with E-state index in [1.165, 1.54) is 0 Å². The van der Waals surface area contributed by atoms with Gasteiger partial charge in [-0.25, -0.2) is 5.10 Å². The van der Waals surface area contributed by atoms with E-state index in [0.29, 0.717) is 15.6 Å². The van der Waals surface area contributed by atoms with Gasteiger partial charge in [-0.3, -0.25) is 0 Å². The van der Waals surface area contributed by atoms with Crippen molar-refractivity contribution >= 4 is 35.7 Å². The Labute approximate surface area is 150 Å². The van der Waals surface area contributed by atoms with Crippen molar-refractivity contribution in [1.82, 2.24) is 14.9 Å². The topological polar surface area (TPSA) is 49.2 Å². The molecule has 0 saturated carbocycles. The van der Waals surface area contributed by atoms with Gasteiger partial charge in [0.05, 0.1) is 6.21 Å². The van der Waals surface area contributed by atoms with Crippen molar-refractivity contribution in [2.45, 2.75) is 0 Å². The van der Waals surface area contributed by atoms with Gasteiger partial charge in [-0.2, -0.15) is 14.9 Å². The third-order valence-electron chi connectivity index (χ3n) is 3.51. The van der Waals surface area contributed by atoms with E-state index in [2.05, 4.69) is 15.3 Å². The van der Waals surface area contributed by atoms with Gasteiger partial charge in [0.25, 0.3) is 0 Å². The number of hydrogen-bond donors (Lipinski definition) is 1. The smallest absolute Gasteiger partial charge is 0.216 e. The second kappa shape index (κ2) is 6.98. The number of aromatic nitrogens is 3. The zero-order valence-corrected chi connectivity index (χ0v) is 14.8. The fourth-order valence-corrected chi connectivity index (χ4v) is 2.56. The SMILES string of the molecule is CN(C)c1ccc(-c2n[nH]c(=S)n2N=Cc2ccccc2Cl)cc1. The zero-order valence-electron chi connectivity index (χ0n) is 13.3. The molecule has 7 heteroatoms. The first-order valence-corrected chi connectivity index (χ1v) is 8.09. The lowest BCUT2D eigenvalue weighted by atomic mass is 10.2. The van der Waals surface area contributed by atoms with Crippen LogP contribution in [0.4, 0.5) is 5.69 Å². The molecule has 0 amide bonds. The molecule has 2 aromatic carbocycles. The summed E-state index contributed by atoms with van der Waals surface area (Å²) < 4.78 is 2.01. The van der Waals surface area contributed by atoms with Crippen LogP contribution in [0.2, 0.25) is 5.02 Å². The molecule has 5 nitrogen and oxygen atoms in total. The molecule has 0 saturated heterocycles. The fraction of sp³-hybridized carbons (Fsp3) is 0.118. The first-order chi connectivity index (χ1) is 11.6. The summed E-state index contributed by atoms with van der Waals surface area (Å²) >= 11 is 11.4. The number of H-pyrrole nitrogens is 1. The number of aromatic amines is 1. The van der Waals surface area contributed by atoms with E-state index in [4.69, 9.17) is 23.8 Å². The molecule has 0 spiro atoms. The summed E-state index contributed by atoms with van der Waals surface area (Å²) in [5.41, 5.74) is 2.85. The van der Waals surface area contributed by atoms with E-state index in [9.17, 15) is 0 Å². The maximum absolute atomic E-state index is 6.15. The Kier molecular flexibility index (Phi) is 4.78. The monoisotopic (exact) mass is 357 g/mol. The Morgan fingerprint density at radius 2 is 1.88 bits per heavy atom. The summed E-state index contributed by atoms with van der Waals surface area (Å²) in [5, 5.41) is 12.1. The van der Waals surface area contributed by atoms with Crippen LogP contribution in [-0.2, 0) is 0 Å². The molecule has 0 aliphatic heterocycles. The Morgan fingerprint density at radius 1 is 1.17 bits per heavy atom. The highest BCUT2D eigenvalue weighted by molar-refractivity contribution is 7.71. The number of nitrogens with one attached hydrogen (secondary N) is 1. The van der Waals surface area contributed by atoms with Crippen LogP contribution in [0.15, 0.2) is 53.6 Å². The molecule has 0 bridgehead atoms. The van der Waals surface area contributed by atoms with Gasteiger partial charge in [-0.1, -0.05) is 29.8 Å². The highest BCUT2D eigenvalue weighted by atomic mass is 35.5. The van der Waals surface area contributed by atoms with Crippen LogP contribution in [0.3, 0.4) is 0 Å². The zero-order chi connectivity index (χ0) is 17.1. The van der Waals surface area contributed by atoms with Crippen LogP contribution >= 0.6 is 23.8 Å². The number of benzene rings is 2. The molecule has 0 atom stereocenters. The van der Waals surface area contributed by atoms with Crippen molar-refractivity contribution < 1.29 is 0 Å². The van der Waals surface area contributed by atoms with E-state index in [1.807, 2.05) is 67.5 Å². The van der Waals surface area contributed by atoms with E-state index in [1.54, 1.807) is 10.9 Å². The normalized spacial score (nSPS) is 11.1. The quantitative estimate of drug-likeness (QED) is 0.562. The van der Waals surface area contributed by atoms with E-state index in [-0.39, 0.29) is 0 Å². The summed E-state index contributed by atoms with van der Waals surface area (Å²) in [4.78, 5) is 2.04. The largest absolute Gasteiger partial charge is 0.378 e. The minimum Gasteiger partial charge on any atom is -0.378 e. The summed E-state index contributed by atoms with van der Waals surface area (Å²) in [6, 6.07) is 15.5. The molecule has 3 rings (SSSR count). The Morgan fingerprint density at radius 3 is 2.54 bits per heavy atom. The highest BCUT2D eigenvalue weighted by Gasteiger charge is 2.08. The highest BCUT2D eigenvalue weighted by Crippen LogP contribution is 2.21. The van der Waals surface area contributed by atoms with Crippen molar-refractivity contribution in [2.24, 2.45) is 5.10 Å². The molecule has 0 fully saturated rings. The van der Waals surface area contributed by atoms with Gasteiger partial charge >= 0.3 is 0 Å². The molecule has 24 heavy (non-hydrogen) atoms. The predicted molar refractivity (Wildman–Crippen MR) is 102 cm³/mol. The summed E-state index contributed by atoms with van der Waals surface area (Å²) in [6.07, 6.45) is 1.67. The molecular formula is C17H16ClN5S. The lowest BCUT2D eigenvalue weighted by Crippen LogP contribution is -2.08. The Hall–Kier alpha value is -2.44. The van der Waals surface area contributed by atoms with Crippen molar-refractivity contribution in [2.75, 3.05) is 19.0 Å². The minimum atomic E-state index is 0.421. The van der Waals surface area contributed by atoms with Crippen LogP contribution in [-0.4, -0.2) is 35.2 Å². The van der Waals surface area contributed by atoms with Crippen molar-refractivity contribution in [3.05, 3.63) is 63.9 Å². The number of rotatable bonds is 4. The molecule has 1 aromatic heterocycles. The van der Waals surface area contributed by atoms with Crippen molar-refractivity contribution in [1.29, 1.82) is 0 Å². The summed E-state index contributed by atoms with van der Waals surface area (Å²) in [6.45, 7) is 0. The number of hydrogen-bond acceptors (Lipinski definition) is 4. The maximum atomic E-state index is 6.15. The van der Waals surface area contributed by atoms with Crippen LogP contribution in [0, 0.1) is 4.77 Å². The van der Waals surface area contributed by atoms with Crippen LogP contribution in [0.25, 0.3) is 11.4 Å². The third-order valence-corrected chi connectivity index (χ3v) is 4.12. The van der Waals surface area contributed by atoms with Crippen LogP contribution in [0.1, 0.15) is 5.56 Å². The average Bonchev–Trinajstić information content (AvgIpc) is 2.95.